The summed E-state index contributed by atoms with van der Waals surface area (Å²) in [5, 5.41) is 7.33. The normalized spacial score (nSPS) is 13.4. The number of amides is 2. The Morgan fingerprint density at radius 2 is 1.78 bits per heavy atom. The number of fused-ring (bicyclic) bond motifs is 1. The molecule has 5 rings (SSSR count). The van der Waals surface area contributed by atoms with Crippen molar-refractivity contribution in [1.29, 1.82) is 0 Å². The van der Waals surface area contributed by atoms with Crippen LogP contribution in [0.25, 0.3) is 16.9 Å². The van der Waals surface area contributed by atoms with Crippen molar-refractivity contribution in [3.05, 3.63) is 72.1 Å². The second-order valence-electron chi connectivity index (χ2n) is 8.14. The first-order valence-electron chi connectivity index (χ1n) is 11.4. The molecule has 10 nitrogen and oxygen atoms in total. The van der Waals surface area contributed by atoms with E-state index in [0.717, 1.165) is 11.3 Å². The fraction of sp³-hybridized carbons (Fsp3) is 0.231. The molecule has 1 aliphatic rings. The van der Waals surface area contributed by atoms with E-state index in [0.29, 0.717) is 54.7 Å². The van der Waals surface area contributed by atoms with Crippen molar-refractivity contribution in [2.24, 2.45) is 0 Å². The number of rotatable bonds is 6. The maximum absolute atomic E-state index is 13.0. The summed E-state index contributed by atoms with van der Waals surface area (Å²) in [5.41, 5.74) is 3.28. The number of nitrogens with zero attached hydrogens (tertiary/aromatic N) is 4. The summed E-state index contributed by atoms with van der Waals surface area (Å²) in [7, 11) is 3.15. The molecule has 2 amide bonds. The third kappa shape index (κ3) is 4.58. The summed E-state index contributed by atoms with van der Waals surface area (Å²) < 4.78 is 17.7. The van der Waals surface area contributed by atoms with Crippen LogP contribution in [0.1, 0.15) is 20.8 Å². The molecule has 2 aromatic carbocycles. The van der Waals surface area contributed by atoms with E-state index < -0.39 is 5.91 Å². The highest BCUT2D eigenvalue weighted by atomic mass is 16.5. The molecule has 10 heteroatoms. The molecule has 4 aromatic rings. The maximum atomic E-state index is 13.0. The third-order valence-corrected chi connectivity index (χ3v) is 5.94. The van der Waals surface area contributed by atoms with E-state index in [1.807, 2.05) is 24.3 Å². The Morgan fingerprint density at radius 1 is 0.972 bits per heavy atom. The zero-order chi connectivity index (χ0) is 25.1. The highest BCUT2D eigenvalue weighted by Gasteiger charge is 2.20. The van der Waals surface area contributed by atoms with E-state index in [-0.39, 0.29) is 11.6 Å². The molecule has 0 unspecified atom stereocenters. The van der Waals surface area contributed by atoms with Crippen molar-refractivity contribution in [1.82, 2.24) is 19.5 Å². The highest BCUT2D eigenvalue weighted by Crippen LogP contribution is 2.32. The quantitative estimate of drug-likeness (QED) is 0.445. The molecule has 0 radical (unpaired) electrons. The monoisotopic (exact) mass is 487 g/mol. The molecule has 1 N–H and O–H groups in total. The third-order valence-electron chi connectivity index (χ3n) is 5.94. The summed E-state index contributed by atoms with van der Waals surface area (Å²) in [4.78, 5) is 31.9. The molecular formula is C26H25N5O5. The summed E-state index contributed by atoms with van der Waals surface area (Å²) in [6.45, 7) is 2.14. The number of carbonyl (C=O) groups is 2. The van der Waals surface area contributed by atoms with Gasteiger partial charge in [0, 0.05) is 42.2 Å². The summed E-state index contributed by atoms with van der Waals surface area (Å²) in [6, 6.07) is 15.8. The predicted molar refractivity (Wildman–Crippen MR) is 133 cm³/mol. The smallest absolute Gasteiger partial charge is 0.276 e. The van der Waals surface area contributed by atoms with Crippen LogP contribution in [-0.2, 0) is 4.74 Å². The van der Waals surface area contributed by atoms with E-state index in [1.54, 1.807) is 60.2 Å². The number of ether oxygens (including phenoxy) is 3. The Balaban J connectivity index is 1.39. The average molecular weight is 488 g/mol. The van der Waals surface area contributed by atoms with Crippen LogP contribution < -0.4 is 14.8 Å². The van der Waals surface area contributed by atoms with Gasteiger partial charge in [0.05, 0.1) is 33.1 Å². The minimum atomic E-state index is -0.408. The van der Waals surface area contributed by atoms with Gasteiger partial charge >= 0.3 is 0 Å². The molecule has 1 saturated heterocycles. The summed E-state index contributed by atoms with van der Waals surface area (Å²) >= 11 is 0. The Hall–Kier alpha value is -4.44. The summed E-state index contributed by atoms with van der Waals surface area (Å²) in [5.74, 6) is 0.693. The van der Waals surface area contributed by atoms with Crippen LogP contribution in [0.4, 0.5) is 5.69 Å². The Kier molecular flexibility index (Phi) is 6.50. The molecular weight excluding hydrogens is 462 g/mol. The van der Waals surface area contributed by atoms with Gasteiger partial charge in [0.2, 0.25) is 0 Å². The number of anilines is 1. The maximum Gasteiger partial charge on any atom is 0.276 e. The van der Waals surface area contributed by atoms with Crippen molar-refractivity contribution in [2.75, 3.05) is 45.8 Å². The minimum Gasteiger partial charge on any atom is -0.493 e. The van der Waals surface area contributed by atoms with Crippen molar-refractivity contribution in [3.63, 3.8) is 0 Å². The van der Waals surface area contributed by atoms with Crippen LogP contribution in [0, 0.1) is 0 Å². The van der Waals surface area contributed by atoms with E-state index in [4.69, 9.17) is 14.2 Å². The summed E-state index contributed by atoms with van der Waals surface area (Å²) in [6.07, 6.45) is 1.66. The molecule has 2 aromatic heterocycles. The van der Waals surface area contributed by atoms with Crippen LogP contribution in [0.15, 0.2) is 60.8 Å². The lowest BCUT2D eigenvalue weighted by Crippen LogP contribution is -2.40. The number of methoxy groups -OCH3 is 2. The molecule has 0 aliphatic carbocycles. The van der Waals surface area contributed by atoms with Gasteiger partial charge in [0.1, 0.15) is 0 Å². The zero-order valence-electron chi connectivity index (χ0n) is 19.9. The largest absolute Gasteiger partial charge is 0.493 e. The second kappa shape index (κ2) is 10.0. The number of hydrogen-bond donors (Lipinski definition) is 1. The zero-order valence-corrected chi connectivity index (χ0v) is 19.9. The average Bonchev–Trinajstić information content (AvgIpc) is 3.38. The number of aromatic nitrogens is 3. The van der Waals surface area contributed by atoms with Gasteiger partial charge in [0.25, 0.3) is 11.8 Å². The van der Waals surface area contributed by atoms with Crippen molar-refractivity contribution < 1.29 is 23.8 Å². The van der Waals surface area contributed by atoms with Gasteiger partial charge in [-0.2, -0.15) is 5.10 Å². The van der Waals surface area contributed by atoms with Crippen LogP contribution in [-0.4, -0.2) is 71.8 Å². The lowest BCUT2D eigenvalue weighted by atomic mass is 10.1. The van der Waals surface area contributed by atoms with Crippen LogP contribution in [0.3, 0.4) is 0 Å². The van der Waals surface area contributed by atoms with Gasteiger partial charge in [-0.3, -0.25) is 9.59 Å². The van der Waals surface area contributed by atoms with Gasteiger partial charge in [-0.1, -0.05) is 6.07 Å². The highest BCUT2D eigenvalue weighted by molar-refractivity contribution is 6.04. The number of benzene rings is 2. The Bertz CT molecular complexity index is 1430. The van der Waals surface area contributed by atoms with Crippen LogP contribution >= 0.6 is 0 Å². The van der Waals surface area contributed by atoms with Crippen molar-refractivity contribution >= 4 is 23.1 Å². The van der Waals surface area contributed by atoms with E-state index in [2.05, 4.69) is 15.4 Å². The first kappa shape index (κ1) is 23.3. The number of nitrogens with one attached hydrogen (secondary N) is 1. The SMILES string of the molecule is COc1ccc(-c2ccnc3cc(C(=O)Nc4cccc(C(=O)N5CCOCC5)c4)nn23)cc1OC. The Labute approximate surface area is 207 Å². The fourth-order valence-electron chi connectivity index (χ4n) is 4.09. The Morgan fingerprint density at radius 3 is 2.56 bits per heavy atom. The lowest BCUT2D eigenvalue weighted by molar-refractivity contribution is 0.0303. The van der Waals surface area contributed by atoms with Crippen LogP contribution in [0.2, 0.25) is 0 Å². The lowest BCUT2D eigenvalue weighted by Gasteiger charge is -2.27. The molecule has 0 spiro atoms. The van der Waals surface area contributed by atoms with E-state index in [9.17, 15) is 9.59 Å². The first-order valence-corrected chi connectivity index (χ1v) is 11.4. The molecule has 0 atom stereocenters. The van der Waals surface area contributed by atoms with Crippen molar-refractivity contribution in [3.8, 4) is 22.8 Å². The van der Waals surface area contributed by atoms with E-state index in [1.165, 1.54) is 0 Å². The standard InChI is InChI=1S/C26H25N5O5/c1-34-22-7-6-17(15-23(22)35-2)21-8-9-27-24-16-20(29-31(21)24)25(32)28-19-5-3-4-18(14-19)26(33)30-10-12-36-13-11-30/h3-9,14-16H,10-13H2,1-2H3,(H,28,32). The van der Waals surface area contributed by atoms with Gasteiger partial charge in [-0.05, 0) is 42.5 Å². The number of hydrogen-bond acceptors (Lipinski definition) is 7. The molecule has 1 aliphatic heterocycles. The molecule has 0 saturated carbocycles. The molecule has 184 valence electrons. The minimum absolute atomic E-state index is 0.0918. The van der Waals surface area contributed by atoms with Gasteiger partial charge in [0.15, 0.2) is 22.8 Å². The molecule has 1 fully saturated rings. The van der Waals surface area contributed by atoms with E-state index >= 15 is 0 Å². The van der Waals surface area contributed by atoms with Gasteiger partial charge < -0.3 is 24.4 Å². The van der Waals surface area contributed by atoms with Crippen molar-refractivity contribution in [2.45, 2.75) is 0 Å². The topological polar surface area (TPSA) is 107 Å². The number of morpholine rings is 1. The second-order valence-corrected chi connectivity index (χ2v) is 8.14. The van der Waals surface area contributed by atoms with Crippen LogP contribution in [0.5, 0.6) is 11.5 Å². The molecule has 3 heterocycles. The van der Waals surface area contributed by atoms with Gasteiger partial charge in [-0.25, -0.2) is 9.50 Å². The molecule has 0 bridgehead atoms. The first-order chi connectivity index (χ1) is 17.6. The predicted octanol–water partition coefficient (Wildman–Crippen LogP) is 3.14. The molecule has 36 heavy (non-hydrogen) atoms. The number of carbonyl (C=O) groups excluding carboxylic acids is 2. The van der Waals surface area contributed by atoms with Gasteiger partial charge in [-0.15, -0.1) is 0 Å². The fourth-order valence-corrected chi connectivity index (χ4v) is 4.09.